The Morgan fingerprint density at radius 3 is 1.51 bits per heavy atom. The van der Waals surface area contributed by atoms with Crippen molar-refractivity contribution in [2.24, 2.45) is 11.3 Å². The van der Waals surface area contributed by atoms with E-state index in [1.54, 1.807) is 18.4 Å². The first kappa shape index (κ1) is 45.6. The molecule has 0 radical (unpaired) electrons. The second-order valence-electron chi connectivity index (χ2n) is 10.2. The lowest BCUT2D eigenvalue weighted by Crippen LogP contribution is -2.23. The second kappa shape index (κ2) is 30.9. The topological polar surface area (TPSA) is 46.5 Å². The average Bonchev–Trinajstić information content (AvgIpc) is 2.80. The minimum atomic E-state index is -0.173. The summed E-state index contributed by atoms with van der Waals surface area (Å²) in [4.78, 5) is 10.6. The van der Waals surface area contributed by atoms with E-state index in [9.17, 15) is 4.79 Å². The number of aliphatic hydroxyl groups is 1. The molecule has 0 fully saturated rings. The highest BCUT2D eigenvalue weighted by atomic mass is 16.5. The van der Waals surface area contributed by atoms with E-state index in [0.29, 0.717) is 6.61 Å². The molecule has 0 saturated carbocycles. The molecule has 3 nitrogen and oxygen atoms in total. The fraction of sp³-hybridized carbons (Fsp3) is 0.444. The predicted molar refractivity (Wildman–Crippen MR) is 176 cm³/mol. The SMILES string of the molecule is C=C(C)/C=C/OCC=C(C)C.C=C=C(C)C.C=C=C=C(C)C.C=CC(C)(C)C(C=O)C(=C)C.CC(C)=CCO. The fourth-order valence-corrected chi connectivity index (χ4v) is 1.85. The number of carbonyl (C=O) groups excluding carboxylic acids is 1. The molecule has 220 valence electrons. The van der Waals surface area contributed by atoms with Gasteiger partial charge >= 0.3 is 0 Å². The molecule has 0 saturated heterocycles. The highest BCUT2D eigenvalue weighted by Gasteiger charge is 2.26. The molecule has 0 aromatic carbocycles. The number of carbonyl (C=O) groups is 1. The van der Waals surface area contributed by atoms with Crippen molar-refractivity contribution in [1.29, 1.82) is 0 Å². The van der Waals surface area contributed by atoms with Gasteiger partial charge in [0, 0.05) is 5.92 Å². The molecule has 39 heavy (non-hydrogen) atoms. The molecular weight excluding hydrogens is 480 g/mol. The first-order valence-corrected chi connectivity index (χ1v) is 12.9. The Morgan fingerprint density at radius 1 is 0.897 bits per heavy atom. The molecule has 0 aromatic rings. The van der Waals surface area contributed by atoms with Gasteiger partial charge in [-0.1, -0.05) is 79.5 Å². The number of aldehydes is 1. The van der Waals surface area contributed by atoms with Gasteiger partial charge in [-0.3, -0.25) is 0 Å². The minimum Gasteiger partial charge on any atom is -0.497 e. The van der Waals surface area contributed by atoms with Crippen molar-refractivity contribution < 1.29 is 14.6 Å². The van der Waals surface area contributed by atoms with Crippen LogP contribution in [0.5, 0.6) is 0 Å². The van der Waals surface area contributed by atoms with E-state index in [2.05, 4.69) is 50.1 Å². The van der Waals surface area contributed by atoms with E-state index >= 15 is 0 Å². The number of hydrogen-bond acceptors (Lipinski definition) is 3. The summed E-state index contributed by atoms with van der Waals surface area (Å²) in [7, 11) is 0. The summed E-state index contributed by atoms with van der Waals surface area (Å²) in [6.07, 6.45) is 10.0. The molecule has 3 heteroatoms. The summed E-state index contributed by atoms with van der Waals surface area (Å²) in [5.41, 5.74) is 14.4. The lowest BCUT2D eigenvalue weighted by Gasteiger charge is -2.27. The van der Waals surface area contributed by atoms with Crippen molar-refractivity contribution in [3.05, 3.63) is 114 Å². The first-order chi connectivity index (χ1) is 17.9. The zero-order valence-corrected chi connectivity index (χ0v) is 27.3. The van der Waals surface area contributed by atoms with Crippen molar-refractivity contribution in [2.45, 2.75) is 83.1 Å². The third-order valence-electron chi connectivity index (χ3n) is 4.22. The molecule has 0 rings (SSSR count). The maximum absolute atomic E-state index is 10.6. The van der Waals surface area contributed by atoms with Crippen molar-refractivity contribution in [3.8, 4) is 0 Å². The molecule has 0 heterocycles. The number of allylic oxidation sites excluding steroid dienone is 8. The lowest BCUT2D eigenvalue weighted by molar-refractivity contribution is -0.112. The smallest absolute Gasteiger partial charge is 0.127 e. The Kier molecular flexibility index (Phi) is 36.1. The minimum absolute atomic E-state index is 0.111. The first-order valence-electron chi connectivity index (χ1n) is 12.9. The number of rotatable bonds is 9. The van der Waals surface area contributed by atoms with Crippen molar-refractivity contribution in [1.82, 2.24) is 0 Å². The Hall–Kier alpha value is -3.31. The van der Waals surface area contributed by atoms with E-state index < -0.39 is 0 Å². The monoisotopic (exact) mass is 538 g/mol. The van der Waals surface area contributed by atoms with Crippen LogP contribution in [-0.2, 0) is 9.53 Å². The van der Waals surface area contributed by atoms with Crippen LogP contribution in [0.4, 0.5) is 0 Å². The summed E-state index contributed by atoms with van der Waals surface area (Å²) in [6, 6.07) is 0. The molecule has 0 amide bonds. The van der Waals surface area contributed by atoms with E-state index in [-0.39, 0.29) is 17.9 Å². The van der Waals surface area contributed by atoms with Gasteiger partial charge in [-0.15, -0.1) is 12.3 Å². The highest BCUT2D eigenvalue weighted by molar-refractivity contribution is 5.60. The molecule has 0 spiro atoms. The van der Waals surface area contributed by atoms with Gasteiger partial charge in [0.05, 0.1) is 12.9 Å². The van der Waals surface area contributed by atoms with Crippen molar-refractivity contribution in [3.63, 3.8) is 0 Å². The zero-order valence-electron chi connectivity index (χ0n) is 27.3. The Morgan fingerprint density at radius 2 is 1.36 bits per heavy atom. The van der Waals surface area contributed by atoms with Gasteiger partial charge in [-0.05, 0) is 105 Å². The van der Waals surface area contributed by atoms with Gasteiger partial charge in [0.1, 0.15) is 12.9 Å². The maximum Gasteiger partial charge on any atom is 0.127 e. The third-order valence-corrected chi connectivity index (χ3v) is 4.22. The van der Waals surface area contributed by atoms with Crippen LogP contribution in [0.25, 0.3) is 0 Å². The van der Waals surface area contributed by atoms with E-state index in [0.717, 1.165) is 34.2 Å². The highest BCUT2D eigenvalue weighted by Crippen LogP contribution is 2.30. The van der Waals surface area contributed by atoms with Crippen LogP contribution in [0.2, 0.25) is 0 Å². The zero-order chi connectivity index (χ0) is 32.0. The van der Waals surface area contributed by atoms with Crippen LogP contribution >= 0.6 is 0 Å². The molecule has 0 aliphatic rings. The number of hydrogen-bond donors (Lipinski definition) is 1. The molecule has 0 aliphatic heterocycles. The normalized spacial score (nSPS) is 9.46. The molecule has 0 bridgehead atoms. The molecule has 0 aromatic heterocycles. The van der Waals surface area contributed by atoms with Crippen LogP contribution in [-0.4, -0.2) is 24.6 Å². The largest absolute Gasteiger partial charge is 0.497 e. The van der Waals surface area contributed by atoms with Gasteiger partial charge in [0.15, 0.2) is 0 Å². The van der Waals surface area contributed by atoms with E-state index in [1.165, 1.54) is 5.57 Å². The standard InChI is InChI=1S/2C10H16O.C6H8.C5H10O.C5H8/c1-9(2)5-7-11-8-6-10(3)4;1-6-10(4,5)9(7-11)8(2)3;1-4-5-6(2)3;1-5(2)3-4-6;1-4-5(2)3/h5-7H,1,8H2,2-4H3;6-7,9H,1-2H2,3-5H3;1H2,2-3H3;3,6H,4H2,1-2H3;1H2,2-3H3/b7-5+;;;;. The van der Waals surface area contributed by atoms with Crippen LogP contribution in [0.15, 0.2) is 114 Å². The number of aliphatic hydroxyl groups excluding tert-OH is 1. The van der Waals surface area contributed by atoms with Gasteiger partial charge in [-0.2, -0.15) is 0 Å². The van der Waals surface area contributed by atoms with Gasteiger partial charge in [-0.25, -0.2) is 0 Å². The summed E-state index contributed by atoms with van der Waals surface area (Å²) in [5.74, 6) is -0.111. The van der Waals surface area contributed by atoms with Crippen molar-refractivity contribution >= 4 is 6.29 Å². The Labute approximate surface area is 242 Å². The number of ether oxygens (including phenoxy) is 1. The summed E-state index contributed by atoms with van der Waals surface area (Å²) < 4.78 is 5.14. The molecular formula is C36H58O3. The maximum atomic E-state index is 10.6. The van der Waals surface area contributed by atoms with E-state index in [1.807, 2.05) is 95.2 Å². The third kappa shape index (κ3) is 48.3. The molecule has 0 aliphatic carbocycles. The van der Waals surface area contributed by atoms with Gasteiger partial charge in [0.25, 0.3) is 0 Å². The van der Waals surface area contributed by atoms with Crippen LogP contribution in [0.1, 0.15) is 83.1 Å². The van der Waals surface area contributed by atoms with Crippen LogP contribution < -0.4 is 0 Å². The molecule has 1 unspecified atom stereocenters. The average molecular weight is 539 g/mol. The fourth-order valence-electron chi connectivity index (χ4n) is 1.85. The van der Waals surface area contributed by atoms with Crippen molar-refractivity contribution in [2.75, 3.05) is 13.2 Å². The van der Waals surface area contributed by atoms with Crippen LogP contribution in [0.3, 0.4) is 0 Å². The van der Waals surface area contributed by atoms with Crippen LogP contribution in [0, 0.1) is 11.3 Å². The molecule has 1 N–H and O–H groups in total. The van der Waals surface area contributed by atoms with Gasteiger partial charge < -0.3 is 14.6 Å². The Balaban J connectivity index is -0.000000129. The Bertz CT molecular complexity index is 916. The van der Waals surface area contributed by atoms with E-state index in [4.69, 9.17) is 9.84 Å². The van der Waals surface area contributed by atoms with Gasteiger partial charge in [0.2, 0.25) is 0 Å². The predicted octanol–water partition coefficient (Wildman–Crippen LogP) is 10.2. The summed E-state index contributed by atoms with van der Waals surface area (Å²) in [6.45, 7) is 42.3. The molecule has 1 atom stereocenters. The lowest BCUT2D eigenvalue weighted by atomic mass is 9.76. The second-order valence-corrected chi connectivity index (χ2v) is 10.2. The quantitative estimate of drug-likeness (QED) is 0.0793. The summed E-state index contributed by atoms with van der Waals surface area (Å²) >= 11 is 0. The summed E-state index contributed by atoms with van der Waals surface area (Å²) in [5, 5.41) is 8.16.